The van der Waals surface area contributed by atoms with Gasteiger partial charge in [-0.3, -0.25) is 4.79 Å². The third-order valence-electron chi connectivity index (χ3n) is 4.33. The summed E-state index contributed by atoms with van der Waals surface area (Å²) >= 11 is 1.85. The molecule has 3 rings (SSSR count). The molecule has 1 fully saturated rings. The van der Waals surface area contributed by atoms with Gasteiger partial charge in [0.1, 0.15) is 0 Å². The zero-order chi connectivity index (χ0) is 13.4. The Morgan fingerprint density at radius 2 is 2.37 bits per heavy atom. The Hall–Kier alpha value is -0.870. The van der Waals surface area contributed by atoms with E-state index in [-0.39, 0.29) is 5.92 Å². The molecular formula is C15H22N2OS. The number of fused-ring (bicyclic) bond motifs is 1. The van der Waals surface area contributed by atoms with Gasteiger partial charge in [0, 0.05) is 17.8 Å². The topological polar surface area (TPSA) is 46.3 Å². The standard InChI is InChI=1S/C15H22N2OS/c1-10(9-16)8-14(18)17-6-4-13-12(5-7-19-13)15(17)11-2-3-11/h5,7,10-11,15H,2-4,6,8-9,16H2,1H3. The van der Waals surface area contributed by atoms with Gasteiger partial charge in [-0.1, -0.05) is 6.92 Å². The number of hydrogen-bond donors (Lipinski definition) is 1. The highest BCUT2D eigenvalue weighted by atomic mass is 32.1. The van der Waals surface area contributed by atoms with Gasteiger partial charge in [-0.2, -0.15) is 0 Å². The lowest BCUT2D eigenvalue weighted by molar-refractivity contribution is -0.135. The van der Waals surface area contributed by atoms with E-state index in [1.54, 1.807) is 0 Å². The fourth-order valence-electron chi connectivity index (χ4n) is 3.05. The van der Waals surface area contributed by atoms with E-state index >= 15 is 0 Å². The van der Waals surface area contributed by atoms with Crippen LogP contribution >= 0.6 is 11.3 Å². The Bertz CT molecular complexity index is 466. The van der Waals surface area contributed by atoms with Crippen molar-refractivity contribution < 1.29 is 4.79 Å². The number of nitrogens with zero attached hydrogens (tertiary/aromatic N) is 1. The van der Waals surface area contributed by atoms with Crippen molar-refractivity contribution in [3.05, 3.63) is 21.9 Å². The lowest BCUT2D eigenvalue weighted by Gasteiger charge is -2.37. The van der Waals surface area contributed by atoms with E-state index in [0.29, 0.717) is 30.8 Å². The summed E-state index contributed by atoms with van der Waals surface area (Å²) in [4.78, 5) is 16.1. The molecule has 104 valence electrons. The molecule has 2 aliphatic rings. The molecule has 1 aliphatic carbocycles. The quantitative estimate of drug-likeness (QED) is 0.920. The number of thiophene rings is 1. The number of amides is 1. The molecule has 0 radical (unpaired) electrons. The lowest BCUT2D eigenvalue weighted by atomic mass is 9.94. The van der Waals surface area contributed by atoms with Crippen LogP contribution in [0.1, 0.15) is 42.7 Å². The van der Waals surface area contributed by atoms with Crippen LogP contribution in [-0.2, 0) is 11.2 Å². The van der Waals surface area contributed by atoms with Crippen LogP contribution in [0.2, 0.25) is 0 Å². The van der Waals surface area contributed by atoms with Crippen LogP contribution < -0.4 is 5.73 Å². The summed E-state index contributed by atoms with van der Waals surface area (Å²) in [7, 11) is 0. The van der Waals surface area contributed by atoms with Crippen molar-refractivity contribution in [2.45, 2.75) is 38.6 Å². The first-order valence-electron chi connectivity index (χ1n) is 7.26. The minimum atomic E-state index is 0.288. The molecule has 2 heterocycles. The van der Waals surface area contributed by atoms with E-state index in [1.165, 1.54) is 23.3 Å². The minimum absolute atomic E-state index is 0.288. The SMILES string of the molecule is CC(CN)CC(=O)N1CCc2sccc2C1C1CC1. The van der Waals surface area contributed by atoms with Gasteiger partial charge in [0.15, 0.2) is 0 Å². The number of carbonyl (C=O) groups is 1. The molecule has 4 heteroatoms. The van der Waals surface area contributed by atoms with E-state index in [2.05, 4.69) is 23.3 Å². The van der Waals surface area contributed by atoms with Gasteiger partial charge in [-0.05, 0) is 54.7 Å². The fraction of sp³-hybridized carbons (Fsp3) is 0.667. The van der Waals surface area contributed by atoms with Crippen molar-refractivity contribution in [1.29, 1.82) is 0 Å². The summed E-state index contributed by atoms with van der Waals surface area (Å²) in [6.07, 6.45) is 4.17. The molecule has 0 spiro atoms. The molecule has 1 aromatic heterocycles. The van der Waals surface area contributed by atoms with Crippen LogP contribution in [-0.4, -0.2) is 23.9 Å². The second kappa shape index (κ2) is 5.25. The molecule has 2 N–H and O–H groups in total. The van der Waals surface area contributed by atoms with E-state index < -0.39 is 0 Å². The van der Waals surface area contributed by atoms with Crippen molar-refractivity contribution in [3.8, 4) is 0 Å². The van der Waals surface area contributed by atoms with Gasteiger partial charge in [0.05, 0.1) is 6.04 Å². The predicted molar refractivity (Wildman–Crippen MR) is 78.0 cm³/mol. The smallest absolute Gasteiger partial charge is 0.223 e. The molecule has 0 bridgehead atoms. The lowest BCUT2D eigenvalue weighted by Crippen LogP contribution is -2.41. The van der Waals surface area contributed by atoms with E-state index in [9.17, 15) is 4.79 Å². The molecule has 19 heavy (non-hydrogen) atoms. The number of hydrogen-bond acceptors (Lipinski definition) is 3. The Morgan fingerprint density at radius 1 is 1.58 bits per heavy atom. The van der Waals surface area contributed by atoms with Gasteiger partial charge >= 0.3 is 0 Å². The molecule has 1 aliphatic heterocycles. The number of rotatable bonds is 4. The van der Waals surface area contributed by atoms with Crippen LogP contribution in [0.4, 0.5) is 0 Å². The van der Waals surface area contributed by atoms with Gasteiger partial charge in [-0.15, -0.1) is 11.3 Å². The highest BCUT2D eigenvalue weighted by Gasteiger charge is 2.41. The third kappa shape index (κ3) is 2.56. The van der Waals surface area contributed by atoms with Crippen molar-refractivity contribution in [3.63, 3.8) is 0 Å². The Labute approximate surface area is 118 Å². The molecular weight excluding hydrogens is 256 g/mol. The van der Waals surface area contributed by atoms with Crippen molar-refractivity contribution in [2.75, 3.05) is 13.1 Å². The molecule has 2 unspecified atom stereocenters. The highest BCUT2D eigenvalue weighted by molar-refractivity contribution is 7.10. The molecule has 2 atom stereocenters. The molecule has 3 nitrogen and oxygen atoms in total. The van der Waals surface area contributed by atoms with Crippen LogP contribution in [0.3, 0.4) is 0 Å². The first kappa shape index (κ1) is 13.1. The predicted octanol–water partition coefficient (Wildman–Crippen LogP) is 2.57. The molecule has 0 saturated heterocycles. The van der Waals surface area contributed by atoms with Crippen LogP contribution in [0.5, 0.6) is 0 Å². The monoisotopic (exact) mass is 278 g/mol. The summed E-state index contributed by atoms with van der Waals surface area (Å²) in [5.74, 6) is 1.29. The first-order valence-corrected chi connectivity index (χ1v) is 8.14. The van der Waals surface area contributed by atoms with E-state index in [1.807, 2.05) is 11.3 Å². The second-order valence-corrected chi connectivity index (χ2v) is 6.96. The van der Waals surface area contributed by atoms with E-state index in [0.717, 1.165) is 13.0 Å². The fourth-order valence-corrected chi connectivity index (χ4v) is 3.96. The maximum atomic E-state index is 12.5. The average molecular weight is 278 g/mol. The number of carbonyl (C=O) groups excluding carboxylic acids is 1. The van der Waals surface area contributed by atoms with Crippen molar-refractivity contribution >= 4 is 17.2 Å². The van der Waals surface area contributed by atoms with Crippen LogP contribution in [0.15, 0.2) is 11.4 Å². The Morgan fingerprint density at radius 3 is 3.05 bits per heavy atom. The zero-order valence-corrected chi connectivity index (χ0v) is 12.3. The third-order valence-corrected chi connectivity index (χ3v) is 5.32. The van der Waals surface area contributed by atoms with Crippen molar-refractivity contribution in [1.82, 2.24) is 4.90 Å². The van der Waals surface area contributed by atoms with Gasteiger partial charge in [0.25, 0.3) is 0 Å². The first-order chi connectivity index (χ1) is 9.20. The zero-order valence-electron chi connectivity index (χ0n) is 11.5. The molecule has 0 aromatic carbocycles. The maximum absolute atomic E-state index is 12.5. The summed E-state index contributed by atoms with van der Waals surface area (Å²) in [5, 5.41) is 2.18. The van der Waals surface area contributed by atoms with Gasteiger partial charge in [-0.25, -0.2) is 0 Å². The second-order valence-electron chi connectivity index (χ2n) is 5.96. The summed E-state index contributed by atoms with van der Waals surface area (Å²) in [6.45, 7) is 3.55. The Balaban J connectivity index is 1.79. The number of nitrogens with two attached hydrogens (primary N) is 1. The summed E-state index contributed by atoms with van der Waals surface area (Å²) < 4.78 is 0. The minimum Gasteiger partial charge on any atom is -0.335 e. The maximum Gasteiger partial charge on any atom is 0.223 e. The molecule has 1 saturated carbocycles. The average Bonchev–Trinajstić information content (AvgIpc) is 3.13. The summed E-state index contributed by atoms with van der Waals surface area (Å²) in [5.41, 5.74) is 7.07. The van der Waals surface area contributed by atoms with Gasteiger partial charge < -0.3 is 10.6 Å². The summed E-state index contributed by atoms with van der Waals surface area (Å²) in [6, 6.07) is 2.59. The molecule has 1 aromatic rings. The van der Waals surface area contributed by atoms with E-state index in [4.69, 9.17) is 5.73 Å². The largest absolute Gasteiger partial charge is 0.335 e. The van der Waals surface area contributed by atoms with Crippen molar-refractivity contribution in [2.24, 2.45) is 17.6 Å². The Kier molecular flexibility index (Phi) is 3.63. The van der Waals surface area contributed by atoms with Gasteiger partial charge in [0.2, 0.25) is 5.91 Å². The molecule has 1 amide bonds. The van der Waals surface area contributed by atoms with Crippen LogP contribution in [0.25, 0.3) is 0 Å². The normalized spacial score (nSPS) is 24.1. The highest BCUT2D eigenvalue weighted by Crippen LogP contribution is 2.48. The van der Waals surface area contributed by atoms with Crippen LogP contribution in [0, 0.1) is 11.8 Å².